The van der Waals surface area contributed by atoms with E-state index in [1.807, 2.05) is 18.2 Å². The van der Waals surface area contributed by atoms with Crippen LogP contribution in [0.15, 0.2) is 42.5 Å². The summed E-state index contributed by atoms with van der Waals surface area (Å²) >= 11 is 0. The van der Waals surface area contributed by atoms with Crippen LogP contribution in [0.2, 0.25) is 0 Å². The van der Waals surface area contributed by atoms with Gasteiger partial charge in [-0.05, 0) is 36.1 Å². The summed E-state index contributed by atoms with van der Waals surface area (Å²) in [7, 11) is 0. The molecule has 3 nitrogen and oxygen atoms in total. The molecule has 3 rings (SSSR count). The molecular formula is C16H15FN2O. The van der Waals surface area contributed by atoms with E-state index in [4.69, 9.17) is 0 Å². The lowest BCUT2D eigenvalue weighted by molar-refractivity contribution is 0.0738. The van der Waals surface area contributed by atoms with Crippen LogP contribution in [0.1, 0.15) is 28.0 Å². The molecule has 4 heteroatoms. The summed E-state index contributed by atoms with van der Waals surface area (Å²) in [5.74, 6) is -0.827. The summed E-state index contributed by atoms with van der Waals surface area (Å²) < 4.78 is 13.1. The number of carbonyl (C=O) groups is 1. The Hall–Kier alpha value is -2.23. The van der Waals surface area contributed by atoms with Gasteiger partial charge in [-0.3, -0.25) is 4.79 Å². The fraction of sp³-hybridized carbons (Fsp3) is 0.250. The van der Waals surface area contributed by atoms with Crippen LogP contribution in [0.25, 0.3) is 0 Å². The van der Waals surface area contributed by atoms with E-state index in [0.29, 0.717) is 13.1 Å². The normalized spacial score (nSPS) is 14.6. The summed E-state index contributed by atoms with van der Waals surface area (Å²) in [4.78, 5) is 17.8. The molecule has 20 heavy (non-hydrogen) atoms. The molecule has 0 unspecified atom stereocenters. The molecule has 1 amide bonds. The van der Waals surface area contributed by atoms with E-state index in [1.165, 1.54) is 17.7 Å². The second-order valence-corrected chi connectivity index (χ2v) is 4.94. The minimum atomic E-state index is -0.619. The Morgan fingerprint density at radius 1 is 1.10 bits per heavy atom. The number of amides is 1. The van der Waals surface area contributed by atoms with Crippen molar-refractivity contribution < 1.29 is 9.18 Å². The highest BCUT2D eigenvalue weighted by Gasteiger charge is 2.21. The first-order valence-electron chi connectivity index (χ1n) is 6.72. The SMILES string of the molecule is O=C(c1cccc(F)n1)N1CCCc2ccccc2C1. The van der Waals surface area contributed by atoms with Crippen molar-refractivity contribution in [2.75, 3.05) is 6.54 Å². The maximum absolute atomic E-state index is 13.1. The van der Waals surface area contributed by atoms with E-state index >= 15 is 0 Å². The number of nitrogens with zero attached hydrogens (tertiary/aromatic N) is 2. The first kappa shape index (κ1) is 12.8. The van der Waals surface area contributed by atoms with Gasteiger partial charge < -0.3 is 4.90 Å². The third-order valence-electron chi connectivity index (χ3n) is 3.58. The fourth-order valence-corrected chi connectivity index (χ4v) is 2.56. The molecule has 0 saturated carbocycles. The van der Waals surface area contributed by atoms with E-state index in [9.17, 15) is 9.18 Å². The van der Waals surface area contributed by atoms with Gasteiger partial charge in [-0.1, -0.05) is 30.3 Å². The zero-order chi connectivity index (χ0) is 13.9. The average molecular weight is 270 g/mol. The zero-order valence-corrected chi connectivity index (χ0v) is 11.1. The summed E-state index contributed by atoms with van der Waals surface area (Å²) in [6.45, 7) is 1.24. The number of benzene rings is 1. The van der Waals surface area contributed by atoms with Crippen LogP contribution >= 0.6 is 0 Å². The monoisotopic (exact) mass is 270 g/mol. The number of hydrogen-bond acceptors (Lipinski definition) is 2. The second kappa shape index (κ2) is 5.41. The standard InChI is InChI=1S/C16H15FN2O/c17-15-9-3-8-14(18-15)16(20)19-10-4-7-12-5-1-2-6-13(12)11-19/h1-3,5-6,8-9H,4,7,10-11H2. The van der Waals surface area contributed by atoms with Gasteiger partial charge in [0, 0.05) is 13.1 Å². The van der Waals surface area contributed by atoms with Gasteiger partial charge in [0.1, 0.15) is 5.69 Å². The molecule has 1 aliphatic rings. The highest BCUT2D eigenvalue weighted by molar-refractivity contribution is 5.92. The maximum atomic E-state index is 13.1. The molecule has 0 saturated heterocycles. The topological polar surface area (TPSA) is 33.2 Å². The molecule has 0 fully saturated rings. The summed E-state index contributed by atoms with van der Waals surface area (Å²) in [6, 6.07) is 12.5. The van der Waals surface area contributed by atoms with Gasteiger partial charge in [0.25, 0.3) is 5.91 Å². The van der Waals surface area contributed by atoms with Crippen molar-refractivity contribution >= 4 is 5.91 Å². The van der Waals surface area contributed by atoms with E-state index in [2.05, 4.69) is 11.1 Å². The average Bonchev–Trinajstić information content (AvgIpc) is 2.68. The Morgan fingerprint density at radius 2 is 1.90 bits per heavy atom. The van der Waals surface area contributed by atoms with Crippen LogP contribution in [-0.2, 0) is 13.0 Å². The highest BCUT2D eigenvalue weighted by atomic mass is 19.1. The summed E-state index contributed by atoms with van der Waals surface area (Å²) in [5, 5.41) is 0. The van der Waals surface area contributed by atoms with Gasteiger partial charge >= 0.3 is 0 Å². The lowest BCUT2D eigenvalue weighted by Gasteiger charge is -2.20. The number of pyridine rings is 1. The number of halogens is 1. The third-order valence-corrected chi connectivity index (χ3v) is 3.58. The van der Waals surface area contributed by atoms with Gasteiger partial charge in [0.2, 0.25) is 5.95 Å². The van der Waals surface area contributed by atoms with E-state index in [0.717, 1.165) is 18.4 Å². The minimum Gasteiger partial charge on any atom is -0.333 e. The van der Waals surface area contributed by atoms with E-state index < -0.39 is 5.95 Å². The molecule has 2 heterocycles. The molecular weight excluding hydrogens is 255 g/mol. The van der Waals surface area contributed by atoms with Crippen molar-refractivity contribution in [1.82, 2.24) is 9.88 Å². The van der Waals surface area contributed by atoms with E-state index in [1.54, 1.807) is 11.0 Å². The first-order valence-corrected chi connectivity index (χ1v) is 6.72. The Morgan fingerprint density at radius 3 is 2.70 bits per heavy atom. The zero-order valence-electron chi connectivity index (χ0n) is 11.1. The van der Waals surface area contributed by atoms with Crippen LogP contribution in [0.3, 0.4) is 0 Å². The van der Waals surface area contributed by atoms with Crippen LogP contribution in [0.4, 0.5) is 4.39 Å². The lowest BCUT2D eigenvalue weighted by atomic mass is 10.0. The molecule has 1 aliphatic heterocycles. The number of aryl methyl sites for hydroxylation is 1. The summed E-state index contributed by atoms with van der Waals surface area (Å²) in [6.07, 6.45) is 1.88. The molecule has 0 radical (unpaired) electrons. The highest BCUT2D eigenvalue weighted by Crippen LogP contribution is 2.19. The quantitative estimate of drug-likeness (QED) is 0.747. The predicted octanol–water partition coefficient (Wildman–Crippen LogP) is 2.81. The first-order chi connectivity index (χ1) is 9.74. The van der Waals surface area contributed by atoms with Crippen molar-refractivity contribution in [3.8, 4) is 0 Å². The number of rotatable bonds is 1. The van der Waals surface area contributed by atoms with Gasteiger partial charge in [-0.25, -0.2) is 4.98 Å². The number of aromatic nitrogens is 1. The molecule has 0 bridgehead atoms. The molecule has 0 N–H and O–H groups in total. The molecule has 1 aromatic heterocycles. The van der Waals surface area contributed by atoms with Crippen LogP contribution in [0.5, 0.6) is 0 Å². The lowest BCUT2D eigenvalue weighted by Crippen LogP contribution is -2.31. The Kier molecular flexibility index (Phi) is 3.46. The molecule has 1 aromatic carbocycles. The Bertz CT molecular complexity index is 642. The Labute approximate surface area is 117 Å². The number of fused-ring (bicyclic) bond motifs is 1. The molecule has 102 valence electrons. The van der Waals surface area contributed by atoms with Crippen molar-refractivity contribution in [2.45, 2.75) is 19.4 Å². The number of hydrogen-bond donors (Lipinski definition) is 0. The van der Waals surface area contributed by atoms with Crippen LogP contribution < -0.4 is 0 Å². The van der Waals surface area contributed by atoms with Gasteiger partial charge in [0.15, 0.2) is 0 Å². The molecule has 0 aliphatic carbocycles. The van der Waals surface area contributed by atoms with Gasteiger partial charge in [-0.2, -0.15) is 4.39 Å². The maximum Gasteiger partial charge on any atom is 0.272 e. The molecule has 2 aromatic rings. The van der Waals surface area contributed by atoms with Crippen molar-refractivity contribution in [1.29, 1.82) is 0 Å². The van der Waals surface area contributed by atoms with Gasteiger partial charge in [0.05, 0.1) is 0 Å². The minimum absolute atomic E-state index is 0.171. The van der Waals surface area contributed by atoms with Crippen molar-refractivity contribution in [3.63, 3.8) is 0 Å². The largest absolute Gasteiger partial charge is 0.333 e. The second-order valence-electron chi connectivity index (χ2n) is 4.94. The number of carbonyl (C=O) groups excluding carboxylic acids is 1. The van der Waals surface area contributed by atoms with Crippen molar-refractivity contribution in [2.24, 2.45) is 0 Å². The van der Waals surface area contributed by atoms with Gasteiger partial charge in [-0.15, -0.1) is 0 Å². The third kappa shape index (κ3) is 2.54. The predicted molar refractivity (Wildman–Crippen MR) is 73.7 cm³/mol. The molecule has 0 spiro atoms. The Balaban J connectivity index is 1.86. The van der Waals surface area contributed by atoms with Crippen LogP contribution in [-0.4, -0.2) is 22.3 Å². The smallest absolute Gasteiger partial charge is 0.272 e. The molecule has 0 atom stereocenters. The van der Waals surface area contributed by atoms with E-state index in [-0.39, 0.29) is 11.6 Å². The van der Waals surface area contributed by atoms with Crippen LogP contribution in [0, 0.1) is 5.95 Å². The summed E-state index contributed by atoms with van der Waals surface area (Å²) in [5.41, 5.74) is 2.62. The van der Waals surface area contributed by atoms with Crippen molar-refractivity contribution in [3.05, 3.63) is 65.2 Å². The fourth-order valence-electron chi connectivity index (χ4n) is 2.56.